The molecule has 0 aliphatic carbocycles. The zero-order valence-electron chi connectivity index (χ0n) is 10.5. The number of alkyl halides is 2. The second-order valence-corrected chi connectivity index (χ2v) is 5.05. The smallest absolute Gasteiger partial charge is 0.387 e. The second kappa shape index (κ2) is 7.27. The van der Waals surface area contributed by atoms with Crippen LogP contribution in [0.1, 0.15) is 24.8 Å². The normalized spacial score (nSPS) is 23.0. The number of hydrogen-bond donors (Lipinski definition) is 1. The Balaban J connectivity index is 0.00000180. The molecule has 1 N–H and O–H groups in total. The van der Waals surface area contributed by atoms with E-state index in [-0.39, 0.29) is 18.2 Å². The van der Waals surface area contributed by atoms with E-state index in [1.807, 2.05) is 0 Å². The first-order chi connectivity index (χ1) is 8.58. The lowest BCUT2D eigenvalue weighted by atomic mass is 9.82. The molecule has 1 aliphatic rings. The molecule has 0 bridgehead atoms. The highest BCUT2D eigenvalue weighted by Crippen LogP contribution is 2.36. The summed E-state index contributed by atoms with van der Waals surface area (Å²) < 4.78 is 28.5. The van der Waals surface area contributed by atoms with Gasteiger partial charge < -0.3 is 10.1 Å². The fourth-order valence-corrected chi connectivity index (χ4v) is 2.77. The van der Waals surface area contributed by atoms with Crippen molar-refractivity contribution >= 4 is 24.0 Å². The van der Waals surface area contributed by atoms with E-state index < -0.39 is 6.61 Å². The van der Waals surface area contributed by atoms with Crippen molar-refractivity contribution in [2.45, 2.75) is 25.9 Å². The first kappa shape index (κ1) is 16.5. The molecule has 1 fully saturated rings. The number of halogens is 4. The highest BCUT2D eigenvalue weighted by molar-refractivity contribution is 6.31. The quantitative estimate of drug-likeness (QED) is 0.908. The summed E-state index contributed by atoms with van der Waals surface area (Å²) in [6.07, 6.45) is 1.01. The number of hydrogen-bond acceptors (Lipinski definition) is 2. The highest BCUT2D eigenvalue weighted by Gasteiger charge is 2.24. The minimum atomic E-state index is -2.82. The maximum absolute atomic E-state index is 12.1. The Labute approximate surface area is 122 Å². The van der Waals surface area contributed by atoms with Crippen LogP contribution in [0.15, 0.2) is 18.2 Å². The lowest BCUT2D eigenvalue weighted by molar-refractivity contribution is -0.0498. The van der Waals surface area contributed by atoms with E-state index in [2.05, 4.69) is 17.0 Å². The summed E-state index contributed by atoms with van der Waals surface area (Å²) in [6, 6.07) is 4.83. The van der Waals surface area contributed by atoms with Crippen LogP contribution in [0.3, 0.4) is 0 Å². The molecule has 0 spiro atoms. The van der Waals surface area contributed by atoms with Crippen LogP contribution in [-0.4, -0.2) is 19.7 Å². The highest BCUT2D eigenvalue weighted by atomic mass is 35.5. The fraction of sp³-hybridized carbons (Fsp3) is 0.538. The van der Waals surface area contributed by atoms with Gasteiger partial charge in [-0.05, 0) is 49.0 Å². The van der Waals surface area contributed by atoms with E-state index in [1.54, 1.807) is 12.1 Å². The molecule has 0 saturated carbocycles. The predicted molar refractivity (Wildman–Crippen MR) is 74.7 cm³/mol. The van der Waals surface area contributed by atoms with Crippen LogP contribution in [-0.2, 0) is 0 Å². The lowest BCUT2D eigenvalue weighted by Gasteiger charge is -2.30. The average molecular weight is 312 g/mol. The molecule has 0 aromatic heterocycles. The summed E-state index contributed by atoms with van der Waals surface area (Å²) in [4.78, 5) is 0. The van der Waals surface area contributed by atoms with Crippen LogP contribution in [0.25, 0.3) is 0 Å². The summed E-state index contributed by atoms with van der Waals surface area (Å²) in [5.74, 6) is 0.970. The Morgan fingerprint density at radius 1 is 1.42 bits per heavy atom. The second-order valence-electron chi connectivity index (χ2n) is 4.64. The van der Waals surface area contributed by atoms with Gasteiger partial charge in [0.1, 0.15) is 5.75 Å². The third kappa shape index (κ3) is 4.20. The number of nitrogens with one attached hydrogen (secondary N) is 1. The van der Waals surface area contributed by atoms with Gasteiger partial charge in [-0.25, -0.2) is 0 Å². The Morgan fingerprint density at radius 3 is 2.74 bits per heavy atom. The molecule has 2 atom stereocenters. The molecule has 1 aliphatic heterocycles. The van der Waals surface area contributed by atoms with E-state index in [0.29, 0.717) is 16.9 Å². The van der Waals surface area contributed by atoms with Gasteiger partial charge >= 0.3 is 6.61 Å². The number of ether oxygens (including phenoxy) is 1. The zero-order chi connectivity index (χ0) is 13.1. The molecule has 108 valence electrons. The van der Waals surface area contributed by atoms with Crippen LogP contribution in [0.2, 0.25) is 5.02 Å². The third-order valence-electron chi connectivity index (χ3n) is 3.38. The third-order valence-corrected chi connectivity index (χ3v) is 3.71. The summed E-state index contributed by atoms with van der Waals surface area (Å²) in [5, 5.41) is 3.83. The van der Waals surface area contributed by atoms with Crippen LogP contribution in [0.4, 0.5) is 8.78 Å². The largest absolute Gasteiger partial charge is 0.435 e. The van der Waals surface area contributed by atoms with E-state index in [1.165, 1.54) is 6.07 Å². The maximum atomic E-state index is 12.1. The Kier molecular flexibility index (Phi) is 6.30. The first-order valence-corrected chi connectivity index (χ1v) is 6.40. The van der Waals surface area contributed by atoms with Gasteiger partial charge in [0.2, 0.25) is 0 Å². The average Bonchev–Trinajstić information content (AvgIpc) is 2.30. The summed E-state index contributed by atoms with van der Waals surface area (Å²) in [6.45, 7) is 1.26. The molecule has 1 aromatic carbocycles. The summed E-state index contributed by atoms with van der Waals surface area (Å²) in [7, 11) is 0. The molecular weight excluding hydrogens is 295 g/mol. The molecule has 1 heterocycles. The molecular formula is C13H17Cl2F2NO. The van der Waals surface area contributed by atoms with E-state index >= 15 is 0 Å². The molecule has 0 radical (unpaired) electrons. The van der Waals surface area contributed by atoms with Crippen molar-refractivity contribution in [1.82, 2.24) is 5.32 Å². The molecule has 0 unspecified atom stereocenters. The number of benzene rings is 1. The van der Waals surface area contributed by atoms with Crippen molar-refractivity contribution in [3.8, 4) is 5.75 Å². The lowest BCUT2D eigenvalue weighted by Crippen LogP contribution is -2.33. The van der Waals surface area contributed by atoms with Crippen molar-refractivity contribution in [3.05, 3.63) is 28.8 Å². The van der Waals surface area contributed by atoms with E-state index in [9.17, 15) is 8.78 Å². The van der Waals surface area contributed by atoms with Gasteiger partial charge in [-0.3, -0.25) is 0 Å². The standard InChI is InChI=1S/C13H16ClF2NO.ClH/c1-8-7-17-5-4-10(8)11-3-2-9(6-12(11)14)18-13(15)16;/h2-3,6,8,10,13,17H,4-5,7H2,1H3;1H/t8-,10+;/m1./s1. The van der Waals surface area contributed by atoms with Crippen LogP contribution >= 0.6 is 24.0 Å². The minimum Gasteiger partial charge on any atom is -0.435 e. The summed E-state index contributed by atoms with van der Waals surface area (Å²) in [5.41, 5.74) is 1.02. The molecule has 1 saturated heterocycles. The topological polar surface area (TPSA) is 21.3 Å². The van der Waals surface area contributed by atoms with Gasteiger partial charge in [-0.15, -0.1) is 12.4 Å². The molecule has 2 rings (SSSR count). The van der Waals surface area contributed by atoms with Crippen LogP contribution < -0.4 is 10.1 Å². The van der Waals surface area contributed by atoms with Gasteiger partial charge in [0.25, 0.3) is 0 Å². The first-order valence-electron chi connectivity index (χ1n) is 6.03. The van der Waals surface area contributed by atoms with E-state index in [0.717, 1.165) is 25.1 Å². The van der Waals surface area contributed by atoms with Crippen molar-refractivity contribution in [3.63, 3.8) is 0 Å². The number of rotatable bonds is 3. The predicted octanol–water partition coefficient (Wildman–Crippen LogP) is 4.08. The Hall–Kier alpha value is -0.580. The monoisotopic (exact) mass is 311 g/mol. The van der Waals surface area contributed by atoms with Crippen LogP contribution in [0, 0.1) is 5.92 Å². The van der Waals surface area contributed by atoms with Gasteiger partial charge in [0.15, 0.2) is 0 Å². The summed E-state index contributed by atoms with van der Waals surface area (Å²) >= 11 is 6.17. The number of piperidine rings is 1. The maximum Gasteiger partial charge on any atom is 0.387 e. The van der Waals surface area contributed by atoms with E-state index in [4.69, 9.17) is 11.6 Å². The molecule has 6 heteroatoms. The SMILES string of the molecule is C[C@@H]1CNCC[C@@H]1c1ccc(OC(F)F)cc1Cl.Cl. The Bertz CT molecular complexity index is 418. The molecule has 2 nitrogen and oxygen atoms in total. The van der Waals surface area contributed by atoms with Gasteiger partial charge in [0, 0.05) is 5.02 Å². The zero-order valence-corrected chi connectivity index (χ0v) is 12.1. The van der Waals surface area contributed by atoms with Crippen molar-refractivity contribution in [2.75, 3.05) is 13.1 Å². The van der Waals surface area contributed by atoms with Crippen LogP contribution in [0.5, 0.6) is 5.75 Å². The molecule has 1 aromatic rings. The van der Waals surface area contributed by atoms with Crippen molar-refractivity contribution in [2.24, 2.45) is 5.92 Å². The van der Waals surface area contributed by atoms with Crippen molar-refractivity contribution < 1.29 is 13.5 Å². The molecule has 0 amide bonds. The fourth-order valence-electron chi connectivity index (χ4n) is 2.46. The van der Waals surface area contributed by atoms with Gasteiger partial charge in [-0.1, -0.05) is 24.6 Å². The minimum absolute atomic E-state index is 0. The Morgan fingerprint density at radius 2 is 2.16 bits per heavy atom. The van der Waals surface area contributed by atoms with Gasteiger partial charge in [-0.2, -0.15) is 8.78 Å². The molecule has 19 heavy (non-hydrogen) atoms. The van der Waals surface area contributed by atoms with Crippen molar-refractivity contribution in [1.29, 1.82) is 0 Å². The van der Waals surface area contributed by atoms with Gasteiger partial charge in [0.05, 0.1) is 0 Å².